The molecule has 2 saturated heterocycles. The Morgan fingerprint density at radius 2 is 1.70 bits per heavy atom. The quantitative estimate of drug-likeness (QED) is 0.274. The van der Waals surface area contributed by atoms with E-state index >= 15 is 0 Å². The SMILES string of the molecule is CS(=O)(=O)CCCN1CCN(c2ccc(Oc3cc(CN4CCC(COC(N)=O)CC4)cc(-c4cc(Cl)cc(Cl)c4)n3)cn2)CC1. The van der Waals surface area contributed by atoms with E-state index < -0.39 is 15.9 Å². The summed E-state index contributed by atoms with van der Waals surface area (Å²) in [6.45, 7) is 6.90. The topological polar surface area (TPSA) is 131 Å². The van der Waals surface area contributed by atoms with Crippen molar-refractivity contribution in [3.63, 3.8) is 0 Å². The minimum Gasteiger partial charge on any atom is -0.449 e. The van der Waals surface area contributed by atoms with Crippen molar-refractivity contribution in [3.8, 4) is 22.9 Å². The number of amides is 1. The predicted molar refractivity (Wildman–Crippen MR) is 181 cm³/mol. The molecule has 0 aliphatic carbocycles. The number of piperazine rings is 1. The molecule has 0 spiro atoms. The summed E-state index contributed by atoms with van der Waals surface area (Å²) in [5, 5.41) is 1.04. The number of carbonyl (C=O) groups is 1. The molecule has 0 bridgehead atoms. The second kappa shape index (κ2) is 15.6. The van der Waals surface area contributed by atoms with Gasteiger partial charge in [0.05, 0.1) is 24.3 Å². The lowest BCUT2D eigenvalue weighted by atomic mass is 9.97. The first-order chi connectivity index (χ1) is 22.0. The van der Waals surface area contributed by atoms with Gasteiger partial charge in [0.15, 0.2) is 0 Å². The van der Waals surface area contributed by atoms with Crippen LogP contribution < -0.4 is 15.4 Å². The molecule has 248 valence electrons. The number of nitrogens with zero attached hydrogens (tertiary/aromatic N) is 5. The molecule has 46 heavy (non-hydrogen) atoms. The molecular formula is C32H40Cl2N6O5S. The fraction of sp³-hybridized carbons (Fsp3) is 0.469. The van der Waals surface area contributed by atoms with Gasteiger partial charge in [-0.25, -0.2) is 23.2 Å². The van der Waals surface area contributed by atoms with Crippen molar-refractivity contribution < 1.29 is 22.7 Å². The zero-order chi connectivity index (χ0) is 32.7. The first kappa shape index (κ1) is 34.2. The number of primary amides is 1. The van der Waals surface area contributed by atoms with E-state index in [4.69, 9.17) is 43.4 Å². The van der Waals surface area contributed by atoms with Gasteiger partial charge in [-0.3, -0.25) is 9.80 Å². The number of halogens is 2. The minimum atomic E-state index is -2.93. The Kier molecular flexibility index (Phi) is 11.6. The fourth-order valence-corrected chi connectivity index (χ4v) is 6.99. The number of carbonyl (C=O) groups excluding carboxylic acids is 1. The number of nitrogens with two attached hydrogens (primary N) is 1. The van der Waals surface area contributed by atoms with Crippen molar-refractivity contribution in [1.82, 2.24) is 19.8 Å². The Bertz CT molecular complexity index is 1570. The molecule has 2 aliphatic heterocycles. The molecule has 0 unspecified atom stereocenters. The van der Waals surface area contributed by atoms with Gasteiger partial charge < -0.3 is 20.1 Å². The first-order valence-electron chi connectivity index (χ1n) is 15.4. The molecule has 11 nitrogen and oxygen atoms in total. The molecule has 2 aliphatic rings. The van der Waals surface area contributed by atoms with Crippen LogP contribution in [0.2, 0.25) is 10.0 Å². The molecule has 2 aromatic heterocycles. The standard InChI is InChI=1S/C32H40Cl2N6O5S/c1-46(42,43)14-2-7-38-10-12-40(13-11-38)30-4-3-28(20-36-30)45-31-16-24(15-29(37-31)25-17-26(33)19-27(34)18-25)21-39-8-5-23(6-9-39)22-44-32(35)41/h3-4,15-20,23H,2,5-14,21-22H2,1H3,(H2,35,41). The third-order valence-electron chi connectivity index (χ3n) is 8.22. The Labute approximate surface area is 280 Å². The van der Waals surface area contributed by atoms with Crippen molar-refractivity contribution in [2.75, 3.05) is 69.3 Å². The Hall–Kier alpha value is -3.16. The smallest absolute Gasteiger partial charge is 0.404 e. The predicted octanol–water partition coefficient (Wildman–Crippen LogP) is 5.11. The van der Waals surface area contributed by atoms with Crippen LogP contribution >= 0.6 is 23.2 Å². The van der Waals surface area contributed by atoms with E-state index in [0.29, 0.717) is 52.9 Å². The molecule has 0 radical (unpaired) electrons. The molecule has 2 N–H and O–H groups in total. The summed E-state index contributed by atoms with van der Waals surface area (Å²) in [6, 6.07) is 13.2. The summed E-state index contributed by atoms with van der Waals surface area (Å²) >= 11 is 12.6. The molecule has 14 heteroatoms. The van der Waals surface area contributed by atoms with Gasteiger partial charge in [-0.1, -0.05) is 23.2 Å². The van der Waals surface area contributed by atoms with E-state index in [1.807, 2.05) is 36.4 Å². The highest BCUT2D eigenvalue weighted by Gasteiger charge is 2.22. The Morgan fingerprint density at radius 3 is 2.33 bits per heavy atom. The van der Waals surface area contributed by atoms with Crippen molar-refractivity contribution in [2.24, 2.45) is 11.7 Å². The van der Waals surface area contributed by atoms with E-state index in [-0.39, 0.29) is 5.75 Å². The maximum Gasteiger partial charge on any atom is 0.404 e. The fourth-order valence-electron chi connectivity index (χ4n) is 5.81. The number of anilines is 1. The van der Waals surface area contributed by atoms with E-state index in [9.17, 15) is 13.2 Å². The van der Waals surface area contributed by atoms with Crippen LogP contribution in [0.15, 0.2) is 48.7 Å². The number of benzene rings is 1. The van der Waals surface area contributed by atoms with Gasteiger partial charge in [0.1, 0.15) is 21.4 Å². The van der Waals surface area contributed by atoms with Crippen LogP contribution in [-0.4, -0.2) is 98.7 Å². The van der Waals surface area contributed by atoms with Crippen molar-refractivity contribution in [1.29, 1.82) is 0 Å². The van der Waals surface area contributed by atoms with E-state index in [2.05, 4.69) is 19.7 Å². The maximum absolute atomic E-state index is 11.4. The van der Waals surface area contributed by atoms with Crippen LogP contribution in [0.3, 0.4) is 0 Å². The lowest BCUT2D eigenvalue weighted by molar-refractivity contribution is 0.1000. The molecule has 3 aromatic rings. The summed E-state index contributed by atoms with van der Waals surface area (Å²) in [4.78, 5) is 27.3. The van der Waals surface area contributed by atoms with Gasteiger partial charge in [-0.05, 0) is 86.8 Å². The zero-order valence-electron chi connectivity index (χ0n) is 25.9. The highest BCUT2D eigenvalue weighted by atomic mass is 35.5. The molecule has 0 saturated carbocycles. The van der Waals surface area contributed by atoms with Gasteiger partial charge in [0, 0.05) is 60.7 Å². The summed E-state index contributed by atoms with van der Waals surface area (Å²) in [7, 11) is -2.93. The van der Waals surface area contributed by atoms with E-state index in [0.717, 1.165) is 75.6 Å². The third-order valence-corrected chi connectivity index (χ3v) is 9.69. The van der Waals surface area contributed by atoms with Crippen LogP contribution in [0.5, 0.6) is 11.6 Å². The van der Waals surface area contributed by atoms with Crippen molar-refractivity contribution >= 4 is 45.0 Å². The van der Waals surface area contributed by atoms with Crippen LogP contribution in [0.25, 0.3) is 11.3 Å². The van der Waals surface area contributed by atoms with Crippen molar-refractivity contribution in [2.45, 2.75) is 25.8 Å². The van der Waals surface area contributed by atoms with Gasteiger partial charge in [-0.15, -0.1) is 0 Å². The number of piperidine rings is 1. The molecule has 2 fully saturated rings. The van der Waals surface area contributed by atoms with Crippen LogP contribution in [-0.2, 0) is 21.1 Å². The molecule has 0 atom stereocenters. The number of pyridine rings is 2. The summed E-state index contributed by atoms with van der Waals surface area (Å²) < 4.78 is 34.1. The lowest BCUT2D eigenvalue weighted by Gasteiger charge is -2.35. The average Bonchev–Trinajstić information content (AvgIpc) is 3.00. The highest BCUT2D eigenvalue weighted by molar-refractivity contribution is 7.90. The number of likely N-dealkylation sites (tertiary alicyclic amines) is 1. The Balaban J connectivity index is 1.24. The maximum atomic E-state index is 11.4. The first-order valence-corrected chi connectivity index (χ1v) is 18.2. The monoisotopic (exact) mass is 690 g/mol. The van der Waals surface area contributed by atoms with E-state index in [1.54, 1.807) is 12.3 Å². The number of hydrogen-bond acceptors (Lipinski definition) is 10. The lowest BCUT2D eigenvalue weighted by Crippen LogP contribution is -2.47. The van der Waals surface area contributed by atoms with Gasteiger partial charge in [-0.2, -0.15) is 0 Å². The van der Waals surface area contributed by atoms with Gasteiger partial charge in [0.25, 0.3) is 0 Å². The number of ether oxygens (including phenoxy) is 2. The molecule has 4 heterocycles. The molecular weight excluding hydrogens is 651 g/mol. The van der Waals surface area contributed by atoms with Gasteiger partial charge in [0.2, 0.25) is 5.88 Å². The number of aromatic nitrogens is 2. The molecule has 1 amide bonds. The third kappa shape index (κ3) is 10.4. The summed E-state index contributed by atoms with van der Waals surface area (Å²) in [5.41, 5.74) is 7.64. The Morgan fingerprint density at radius 1 is 0.978 bits per heavy atom. The zero-order valence-corrected chi connectivity index (χ0v) is 28.2. The van der Waals surface area contributed by atoms with Crippen LogP contribution in [0, 0.1) is 5.92 Å². The number of rotatable bonds is 12. The van der Waals surface area contributed by atoms with Crippen LogP contribution in [0.4, 0.5) is 10.6 Å². The molecule has 5 rings (SSSR count). The molecule has 1 aromatic carbocycles. The minimum absolute atomic E-state index is 0.219. The van der Waals surface area contributed by atoms with Gasteiger partial charge >= 0.3 is 6.09 Å². The second-order valence-electron chi connectivity index (χ2n) is 12.0. The van der Waals surface area contributed by atoms with Crippen LogP contribution in [0.1, 0.15) is 24.8 Å². The van der Waals surface area contributed by atoms with E-state index in [1.165, 1.54) is 6.26 Å². The normalized spacial score (nSPS) is 16.8. The number of hydrogen-bond donors (Lipinski definition) is 1. The second-order valence-corrected chi connectivity index (χ2v) is 15.1. The summed E-state index contributed by atoms with van der Waals surface area (Å²) in [6.07, 6.45) is 4.73. The van der Waals surface area contributed by atoms with Crippen molar-refractivity contribution in [3.05, 3.63) is 64.3 Å². The summed E-state index contributed by atoms with van der Waals surface area (Å²) in [5.74, 6) is 2.39. The average molecular weight is 692 g/mol. The highest BCUT2D eigenvalue weighted by Crippen LogP contribution is 2.31. The number of sulfone groups is 1. The largest absolute Gasteiger partial charge is 0.449 e.